The molecule has 2 rings (SSSR count). The first-order valence-corrected chi connectivity index (χ1v) is 5.28. The summed E-state index contributed by atoms with van der Waals surface area (Å²) in [6.07, 6.45) is 0.903. The normalized spacial score (nSPS) is 17.3. The average Bonchev–Trinajstić information content (AvgIpc) is 2.53. The fourth-order valence-corrected chi connectivity index (χ4v) is 1.83. The fourth-order valence-electron chi connectivity index (χ4n) is 1.83. The van der Waals surface area contributed by atoms with Crippen LogP contribution in [0, 0.1) is 17.5 Å². The molecule has 1 heterocycles. The quantitative estimate of drug-likeness (QED) is 0.741. The molecule has 0 spiro atoms. The summed E-state index contributed by atoms with van der Waals surface area (Å²) in [5.41, 5.74) is 0.403. The molecule has 1 N–H and O–H groups in total. The maximum Gasteiger partial charge on any atom is 0.194 e. The molecule has 1 aromatic carbocycles. The van der Waals surface area contributed by atoms with Gasteiger partial charge in [-0.15, -0.1) is 0 Å². The minimum Gasteiger partial charge on any atom is -0.370 e. The van der Waals surface area contributed by atoms with Crippen LogP contribution in [0.2, 0.25) is 0 Å². The van der Waals surface area contributed by atoms with E-state index in [1.165, 1.54) is 0 Å². The molecule has 88 valence electrons. The van der Waals surface area contributed by atoms with Gasteiger partial charge in [-0.2, -0.15) is 0 Å². The van der Waals surface area contributed by atoms with Gasteiger partial charge in [-0.1, -0.05) is 0 Å². The highest BCUT2D eigenvalue weighted by molar-refractivity contribution is 5.47. The number of anilines is 1. The van der Waals surface area contributed by atoms with Gasteiger partial charge in [0, 0.05) is 37.5 Å². The number of halogens is 3. The third-order valence-corrected chi connectivity index (χ3v) is 2.67. The number of rotatable bonds is 1. The minimum absolute atomic E-state index is 0.403. The summed E-state index contributed by atoms with van der Waals surface area (Å²) >= 11 is 0. The van der Waals surface area contributed by atoms with E-state index in [1.807, 2.05) is 4.90 Å². The molecule has 0 atom stereocenters. The van der Waals surface area contributed by atoms with Gasteiger partial charge in [-0.05, 0) is 13.0 Å². The van der Waals surface area contributed by atoms with Crippen LogP contribution in [0.1, 0.15) is 6.42 Å². The third kappa shape index (κ3) is 2.29. The zero-order valence-electron chi connectivity index (χ0n) is 8.77. The Morgan fingerprint density at radius 2 is 1.69 bits per heavy atom. The van der Waals surface area contributed by atoms with Crippen LogP contribution in [0.4, 0.5) is 18.9 Å². The molecule has 0 amide bonds. The highest BCUT2D eigenvalue weighted by Crippen LogP contribution is 2.21. The van der Waals surface area contributed by atoms with Crippen LogP contribution in [-0.4, -0.2) is 26.2 Å². The highest BCUT2D eigenvalue weighted by Gasteiger charge is 2.15. The molecule has 0 saturated carbocycles. The average molecular weight is 230 g/mol. The molecule has 16 heavy (non-hydrogen) atoms. The molecular formula is C11H13F3N2. The van der Waals surface area contributed by atoms with Crippen LogP contribution in [0.15, 0.2) is 12.1 Å². The molecule has 1 aliphatic heterocycles. The smallest absolute Gasteiger partial charge is 0.194 e. The Morgan fingerprint density at radius 3 is 2.38 bits per heavy atom. The van der Waals surface area contributed by atoms with E-state index >= 15 is 0 Å². The maximum atomic E-state index is 13.0. The molecule has 5 heteroatoms. The maximum absolute atomic E-state index is 13.0. The van der Waals surface area contributed by atoms with E-state index in [0.717, 1.165) is 38.2 Å². The van der Waals surface area contributed by atoms with E-state index in [4.69, 9.17) is 0 Å². The van der Waals surface area contributed by atoms with Crippen LogP contribution < -0.4 is 10.2 Å². The Morgan fingerprint density at radius 1 is 1.00 bits per heavy atom. The number of nitrogens with one attached hydrogen (secondary N) is 1. The van der Waals surface area contributed by atoms with Crippen molar-refractivity contribution in [2.75, 3.05) is 31.1 Å². The molecule has 0 radical (unpaired) electrons. The van der Waals surface area contributed by atoms with E-state index in [-0.39, 0.29) is 0 Å². The first-order chi connectivity index (χ1) is 7.68. The van der Waals surface area contributed by atoms with Crippen LogP contribution in [0.3, 0.4) is 0 Å². The summed E-state index contributed by atoms with van der Waals surface area (Å²) in [6, 6.07) is 2.09. The second-order valence-electron chi connectivity index (χ2n) is 3.81. The lowest BCUT2D eigenvalue weighted by Gasteiger charge is -2.22. The lowest BCUT2D eigenvalue weighted by molar-refractivity contribution is 0.447. The summed E-state index contributed by atoms with van der Waals surface area (Å²) in [6.45, 7) is 3.05. The summed E-state index contributed by atoms with van der Waals surface area (Å²) in [5.74, 6) is -3.67. The molecule has 1 aromatic rings. The van der Waals surface area contributed by atoms with E-state index in [0.29, 0.717) is 12.2 Å². The van der Waals surface area contributed by atoms with Gasteiger partial charge in [0.05, 0.1) is 0 Å². The van der Waals surface area contributed by atoms with Crippen molar-refractivity contribution in [2.45, 2.75) is 6.42 Å². The van der Waals surface area contributed by atoms with Crippen molar-refractivity contribution in [3.63, 3.8) is 0 Å². The fraction of sp³-hybridized carbons (Fsp3) is 0.455. The van der Waals surface area contributed by atoms with Crippen molar-refractivity contribution in [1.29, 1.82) is 0 Å². The van der Waals surface area contributed by atoms with Gasteiger partial charge >= 0.3 is 0 Å². The molecule has 0 aromatic heterocycles. The molecule has 0 bridgehead atoms. The van der Waals surface area contributed by atoms with Crippen LogP contribution in [0.25, 0.3) is 0 Å². The molecule has 2 nitrogen and oxygen atoms in total. The summed E-state index contributed by atoms with van der Waals surface area (Å²) < 4.78 is 38.9. The molecule has 1 aliphatic rings. The van der Waals surface area contributed by atoms with Crippen LogP contribution in [0.5, 0.6) is 0 Å². The summed E-state index contributed by atoms with van der Waals surface area (Å²) in [7, 11) is 0. The van der Waals surface area contributed by atoms with E-state index < -0.39 is 17.5 Å². The van der Waals surface area contributed by atoms with Gasteiger partial charge in [0.2, 0.25) is 0 Å². The van der Waals surface area contributed by atoms with Gasteiger partial charge in [0.1, 0.15) is 0 Å². The zero-order chi connectivity index (χ0) is 11.5. The number of hydrogen-bond donors (Lipinski definition) is 1. The molecule has 1 saturated heterocycles. The monoisotopic (exact) mass is 230 g/mol. The molecule has 0 aliphatic carbocycles. The Bertz CT molecular complexity index is 350. The predicted octanol–water partition coefficient (Wildman–Crippen LogP) is 1.90. The van der Waals surface area contributed by atoms with Crippen LogP contribution in [-0.2, 0) is 0 Å². The van der Waals surface area contributed by atoms with Gasteiger partial charge in [-0.3, -0.25) is 0 Å². The first kappa shape index (κ1) is 11.3. The lowest BCUT2D eigenvalue weighted by atomic mass is 10.2. The second-order valence-corrected chi connectivity index (χ2v) is 3.81. The Balaban J connectivity index is 2.25. The molecule has 1 fully saturated rings. The SMILES string of the molecule is Fc1cc(N2CCCNCC2)cc(F)c1F. The van der Waals surface area contributed by atoms with E-state index in [2.05, 4.69) is 5.32 Å². The van der Waals surface area contributed by atoms with E-state index in [1.54, 1.807) is 0 Å². The number of nitrogens with zero attached hydrogens (tertiary/aromatic N) is 1. The first-order valence-electron chi connectivity index (χ1n) is 5.28. The van der Waals surface area contributed by atoms with Crippen molar-refractivity contribution in [2.24, 2.45) is 0 Å². The predicted molar refractivity (Wildman–Crippen MR) is 56.0 cm³/mol. The van der Waals surface area contributed by atoms with Crippen molar-refractivity contribution < 1.29 is 13.2 Å². The number of benzene rings is 1. The van der Waals surface area contributed by atoms with E-state index in [9.17, 15) is 13.2 Å². The largest absolute Gasteiger partial charge is 0.370 e. The zero-order valence-corrected chi connectivity index (χ0v) is 8.77. The minimum atomic E-state index is -1.41. The molecule has 0 unspecified atom stereocenters. The standard InChI is InChI=1S/C11H13F3N2/c12-9-6-8(7-10(13)11(9)14)16-4-1-2-15-3-5-16/h6-7,15H,1-5H2. The Labute approximate surface area is 92.1 Å². The van der Waals surface area contributed by atoms with Gasteiger partial charge in [-0.25, -0.2) is 13.2 Å². The third-order valence-electron chi connectivity index (χ3n) is 2.67. The molecular weight excluding hydrogens is 217 g/mol. The van der Waals surface area contributed by atoms with Crippen molar-refractivity contribution in [3.8, 4) is 0 Å². The van der Waals surface area contributed by atoms with Crippen molar-refractivity contribution >= 4 is 5.69 Å². The number of hydrogen-bond acceptors (Lipinski definition) is 2. The van der Waals surface area contributed by atoms with Crippen molar-refractivity contribution in [3.05, 3.63) is 29.6 Å². The summed E-state index contributed by atoms with van der Waals surface area (Å²) in [5, 5.41) is 3.18. The van der Waals surface area contributed by atoms with Gasteiger partial charge < -0.3 is 10.2 Å². The van der Waals surface area contributed by atoms with Crippen LogP contribution >= 0.6 is 0 Å². The lowest BCUT2D eigenvalue weighted by Crippen LogP contribution is -2.28. The topological polar surface area (TPSA) is 15.3 Å². The highest BCUT2D eigenvalue weighted by atomic mass is 19.2. The van der Waals surface area contributed by atoms with Gasteiger partial charge in [0.15, 0.2) is 17.5 Å². The van der Waals surface area contributed by atoms with Gasteiger partial charge in [0.25, 0.3) is 0 Å². The Kier molecular flexibility index (Phi) is 3.33. The van der Waals surface area contributed by atoms with Crippen molar-refractivity contribution in [1.82, 2.24) is 5.32 Å². The Hall–Kier alpha value is -1.23. The summed E-state index contributed by atoms with van der Waals surface area (Å²) in [4.78, 5) is 1.85. The second kappa shape index (κ2) is 4.74.